The number of nitrogens with zero attached hydrogens (tertiary/aromatic N) is 3. The van der Waals surface area contributed by atoms with Crippen molar-refractivity contribution in [3.05, 3.63) is 29.3 Å². The topological polar surface area (TPSA) is 96.5 Å². The molecule has 1 atom stereocenters. The van der Waals surface area contributed by atoms with Crippen molar-refractivity contribution in [3.8, 4) is 22.8 Å². The molecule has 0 spiro atoms. The maximum atomic E-state index is 12.4. The van der Waals surface area contributed by atoms with Gasteiger partial charge in [0, 0.05) is 36.3 Å². The minimum Gasteiger partial charge on any atom is -0.507 e. The molecular weight excluding hydrogens is 423 g/mol. The van der Waals surface area contributed by atoms with Gasteiger partial charge >= 0.3 is 6.36 Å². The summed E-state index contributed by atoms with van der Waals surface area (Å²) in [5.74, 6) is -0.286. The van der Waals surface area contributed by atoms with Gasteiger partial charge in [-0.15, -0.1) is 23.4 Å². The molecule has 1 saturated heterocycles. The van der Waals surface area contributed by atoms with Gasteiger partial charge in [-0.2, -0.15) is 0 Å². The van der Waals surface area contributed by atoms with Gasteiger partial charge in [-0.1, -0.05) is 13.3 Å². The number of phenols is 1. The number of anilines is 1. The Morgan fingerprint density at radius 2 is 2.09 bits per heavy atom. The number of rotatable bonds is 8. The van der Waals surface area contributed by atoms with Gasteiger partial charge in [-0.25, -0.2) is 0 Å². The van der Waals surface area contributed by atoms with Crippen LogP contribution in [0.25, 0.3) is 11.3 Å². The Hall–Kier alpha value is -2.59. The average Bonchev–Trinajstić information content (AvgIpc) is 2.72. The predicted octanol–water partition coefficient (Wildman–Crippen LogP) is 4.19. The number of aromatic hydroxyl groups is 1. The fraction of sp³-hybridized carbons (Fsp3) is 0.545. The molecule has 0 bridgehead atoms. The van der Waals surface area contributed by atoms with E-state index in [1.807, 2.05) is 6.92 Å². The molecule has 4 N–H and O–H groups in total. The first kappa shape index (κ1) is 24.1. The molecular formula is C22H30F3N5O2. The van der Waals surface area contributed by atoms with E-state index >= 15 is 0 Å². The van der Waals surface area contributed by atoms with Crippen LogP contribution in [0.2, 0.25) is 0 Å². The van der Waals surface area contributed by atoms with Crippen molar-refractivity contribution < 1.29 is 23.0 Å². The molecule has 1 aliphatic heterocycles. The molecule has 176 valence electrons. The second kappa shape index (κ2) is 10.4. The number of halogens is 3. The van der Waals surface area contributed by atoms with E-state index in [0.717, 1.165) is 56.6 Å². The van der Waals surface area contributed by atoms with Crippen molar-refractivity contribution in [3.63, 3.8) is 0 Å². The lowest BCUT2D eigenvalue weighted by Crippen LogP contribution is -2.42. The van der Waals surface area contributed by atoms with Crippen LogP contribution in [0, 0.1) is 6.92 Å². The number of unbranched alkanes of at least 4 members (excludes halogenated alkanes) is 1. The molecule has 2 heterocycles. The maximum Gasteiger partial charge on any atom is 0.573 e. The summed E-state index contributed by atoms with van der Waals surface area (Å²) in [5.41, 5.74) is 8.09. The fourth-order valence-corrected chi connectivity index (χ4v) is 4.04. The van der Waals surface area contributed by atoms with E-state index in [2.05, 4.69) is 32.1 Å². The first-order valence-electron chi connectivity index (χ1n) is 10.9. The second-order valence-corrected chi connectivity index (χ2v) is 8.07. The molecule has 2 aromatic rings. The van der Waals surface area contributed by atoms with Crippen LogP contribution in [-0.4, -0.2) is 52.2 Å². The summed E-state index contributed by atoms with van der Waals surface area (Å²) in [5, 5.41) is 22.3. The van der Waals surface area contributed by atoms with Crippen LogP contribution >= 0.6 is 0 Å². The van der Waals surface area contributed by atoms with Crippen molar-refractivity contribution in [2.75, 3.05) is 25.0 Å². The highest BCUT2D eigenvalue weighted by molar-refractivity contribution is 5.72. The largest absolute Gasteiger partial charge is 0.573 e. The minimum absolute atomic E-state index is 0.207. The summed E-state index contributed by atoms with van der Waals surface area (Å²) in [6, 6.07) is 3.60. The van der Waals surface area contributed by atoms with Crippen molar-refractivity contribution in [2.45, 2.75) is 58.5 Å². The van der Waals surface area contributed by atoms with Gasteiger partial charge in [0.2, 0.25) is 0 Å². The van der Waals surface area contributed by atoms with Crippen LogP contribution in [0.15, 0.2) is 18.2 Å². The molecule has 1 unspecified atom stereocenters. The Morgan fingerprint density at radius 3 is 2.75 bits per heavy atom. The van der Waals surface area contributed by atoms with Gasteiger partial charge < -0.3 is 25.8 Å². The number of piperidine rings is 1. The first-order valence-corrected chi connectivity index (χ1v) is 10.9. The number of phenolic OH excluding ortho intramolecular Hbond substituents is 1. The van der Waals surface area contributed by atoms with E-state index in [1.54, 1.807) is 0 Å². The van der Waals surface area contributed by atoms with Crippen LogP contribution < -0.4 is 15.8 Å². The second-order valence-electron chi connectivity index (χ2n) is 8.07. The normalized spacial score (nSPS) is 17.4. The van der Waals surface area contributed by atoms with Gasteiger partial charge in [-0.05, 0) is 57.0 Å². The summed E-state index contributed by atoms with van der Waals surface area (Å²) in [4.78, 5) is 2.45. The smallest absolute Gasteiger partial charge is 0.507 e. The van der Waals surface area contributed by atoms with E-state index in [0.29, 0.717) is 17.1 Å². The summed E-state index contributed by atoms with van der Waals surface area (Å²) < 4.78 is 41.1. The van der Waals surface area contributed by atoms with Gasteiger partial charge in [-0.3, -0.25) is 0 Å². The van der Waals surface area contributed by atoms with Gasteiger partial charge in [0.05, 0.1) is 0 Å². The standard InChI is InChI=1S/C22H30F3N5O2/c1-3-4-9-30-10-5-6-15(13-30)27-21-18(12-26)14(2)20(28-29-21)17-8-7-16(11-19(17)31)32-22(23,24)25/h7-8,11,15,31H,3-6,9-10,12-13,26H2,1-2H3,(H,27,29). The molecule has 1 aliphatic rings. The van der Waals surface area contributed by atoms with Crippen molar-refractivity contribution in [2.24, 2.45) is 5.73 Å². The van der Waals surface area contributed by atoms with Gasteiger partial charge in [0.25, 0.3) is 0 Å². The zero-order valence-electron chi connectivity index (χ0n) is 18.4. The van der Waals surface area contributed by atoms with Crippen LogP contribution in [0.5, 0.6) is 11.5 Å². The Balaban J connectivity index is 1.81. The summed E-state index contributed by atoms with van der Waals surface area (Å²) in [6.45, 7) is 7.30. The summed E-state index contributed by atoms with van der Waals surface area (Å²) in [6.07, 6.45) is -0.381. The monoisotopic (exact) mass is 453 g/mol. The average molecular weight is 454 g/mol. The number of nitrogens with one attached hydrogen (secondary N) is 1. The summed E-state index contributed by atoms with van der Waals surface area (Å²) in [7, 11) is 0. The third kappa shape index (κ3) is 6.01. The molecule has 0 saturated carbocycles. The van der Waals surface area contributed by atoms with Crippen molar-refractivity contribution >= 4 is 5.82 Å². The Kier molecular flexibility index (Phi) is 7.78. The molecule has 1 aromatic heterocycles. The number of likely N-dealkylation sites (tertiary alicyclic amines) is 1. The molecule has 10 heteroatoms. The van der Waals surface area contributed by atoms with Gasteiger partial charge in [0.15, 0.2) is 5.82 Å². The number of ether oxygens (including phenoxy) is 1. The number of nitrogens with two attached hydrogens (primary N) is 1. The number of alkyl halides is 3. The quantitative estimate of drug-likeness (QED) is 0.551. The third-order valence-corrected chi connectivity index (χ3v) is 5.68. The minimum atomic E-state index is -4.84. The maximum absolute atomic E-state index is 12.4. The van der Waals surface area contributed by atoms with E-state index in [-0.39, 0.29) is 23.9 Å². The molecule has 32 heavy (non-hydrogen) atoms. The molecule has 0 radical (unpaired) electrons. The molecule has 0 amide bonds. The van der Waals surface area contributed by atoms with E-state index in [9.17, 15) is 18.3 Å². The van der Waals surface area contributed by atoms with Crippen LogP contribution in [0.1, 0.15) is 43.7 Å². The SMILES string of the molecule is CCCCN1CCCC(Nc2nnc(-c3ccc(OC(F)(F)F)cc3O)c(C)c2CN)C1. The predicted molar refractivity (Wildman–Crippen MR) is 116 cm³/mol. The van der Waals surface area contributed by atoms with Crippen molar-refractivity contribution in [1.29, 1.82) is 0 Å². The lowest BCUT2D eigenvalue weighted by atomic mass is 10.0. The lowest BCUT2D eigenvalue weighted by Gasteiger charge is -2.33. The Labute approximate surface area is 185 Å². The summed E-state index contributed by atoms with van der Waals surface area (Å²) >= 11 is 0. The zero-order valence-corrected chi connectivity index (χ0v) is 18.4. The number of hydrogen-bond donors (Lipinski definition) is 3. The number of aromatic nitrogens is 2. The fourth-order valence-electron chi connectivity index (χ4n) is 4.04. The Bertz CT molecular complexity index is 923. The lowest BCUT2D eigenvalue weighted by molar-refractivity contribution is -0.274. The number of hydrogen-bond acceptors (Lipinski definition) is 7. The highest BCUT2D eigenvalue weighted by atomic mass is 19.4. The molecule has 0 aliphatic carbocycles. The van der Waals surface area contributed by atoms with Crippen LogP contribution in [-0.2, 0) is 6.54 Å². The van der Waals surface area contributed by atoms with Gasteiger partial charge in [0.1, 0.15) is 17.2 Å². The molecule has 3 rings (SSSR count). The first-order chi connectivity index (χ1) is 15.2. The molecule has 1 fully saturated rings. The van der Waals surface area contributed by atoms with Crippen LogP contribution in [0.3, 0.4) is 0 Å². The van der Waals surface area contributed by atoms with E-state index in [1.165, 1.54) is 12.5 Å². The van der Waals surface area contributed by atoms with E-state index < -0.39 is 12.1 Å². The zero-order chi connectivity index (χ0) is 23.3. The highest BCUT2D eigenvalue weighted by Gasteiger charge is 2.31. The highest BCUT2D eigenvalue weighted by Crippen LogP contribution is 2.36. The molecule has 7 nitrogen and oxygen atoms in total. The van der Waals surface area contributed by atoms with Crippen molar-refractivity contribution in [1.82, 2.24) is 15.1 Å². The molecule has 1 aromatic carbocycles. The Morgan fingerprint density at radius 1 is 1.31 bits per heavy atom. The van der Waals surface area contributed by atoms with Crippen LogP contribution in [0.4, 0.5) is 19.0 Å². The number of benzene rings is 1. The third-order valence-electron chi connectivity index (χ3n) is 5.68. The van der Waals surface area contributed by atoms with E-state index in [4.69, 9.17) is 5.73 Å².